The van der Waals surface area contributed by atoms with Crippen LogP contribution in [0.4, 0.5) is 0 Å². The Balaban J connectivity index is 2.37. The highest BCUT2D eigenvalue weighted by atomic mass is 31.2. The van der Waals surface area contributed by atoms with E-state index in [0.717, 1.165) is 96.3 Å². The lowest BCUT2D eigenvalue weighted by Gasteiger charge is -2.41. The Labute approximate surface area is 362 Å². The van der Waals surface area contributed by atoms with Crippen LogP contribution in [0.3, 0.4) is 0 Å². The van der Waals surface area contributed by atoms with E-state index in [1.54, 1.807) is 0 Å². The molecule has 6 atom stereocenters. The molecule has 0 spiro atoms. The minimum Gasteiger partial charge on any atom is -0.457 e. The average Bonchev–Trinajstić information content (AvgIpc) is 3.23. The molecule has 0 saturated heterocycles. The van der Waals surface area contributed by atoms with E-state index < -0.39 is 63.1 Å². The average molecular weight is 871 g/mol. The number of aliphatic hydroxyl groups is 5. The van der Waals surface area contributed by atoms with Gasteiger partial charge in [0.05, 0.1) is 13.2 Å². The van der Waals surface area contributed by atoms with Crippen molar-refractivity contribution in [2.24, 2.45) is 0 Å². The number of ether oxygens (including phenoxy) is 2. The number of aliphatic hydroxyl groups excluding tert-OH is 5. The highest BCUT2D eigenvalue weighted by Gasteiger charge is 2.51. The molecule has 348 valence electrons. The van der Waals surface area contributed by atoms with E-state index in [0.29, 0.717) is 13.0 Å². The summed E-state index contributed by atoms with van der Waals surface area (Å²) in [6, 6.07) is 0. The Kier molecular flexibility index (Phi) is 35.1. The van der Waals surface area contributed by atoms with Crippen molar-refractivity contribution in [1.29, 1.82) is 0 Å². The molecule has 60 heavy (non-hydrogen) atoms. The normalized spacial score (nSPS) is 22.9. The highest BCUT2D eigenvalue weighted by Crippen LogP contribution is 2.47. The molecule has 6 unspecified atom stereocenters. The number of phosphoric acid groups is 1. The number of carbonyl (C=O) groups excluding carboxylic acids is 1. The van der Waals surface area contributed by atoms with Crippen molar-refractivity contribution >= 4 is 13.8 Å². The van der Waals surface area contributed by atoms with Gasteiger partial charge in [-0.2, -0.15) is 0 Å². The molecule has 13 heteroatoms. The van der Waals surface area contributed by atoms with E-state index in [2.05, 4.69) is 74.6 Å². The zero-order valence-electron chi connectivity index (χ0n) is 37.0. The third-order valence-electron chi connectivity index (χ3n) is 10.4. The van der Waals surface area contributed by atoms with E-state index in [1.165, 1.54) is 44.9 Å². The topological polar surface area (TPSA) is 192 Å². The van der Waals surface area contributed by atoms with Crippen LogP contribution in [-0.2, 0) is 27.9 Å². The number of carbonyl (C=O) groups is 1. The summed E-state index contributed by atoms with van der Waals surface area (Å²) in [7, 11) is -5.02. The summed E-state index contributed by atoms with van der Waals surface area (Å²) >= 11 is 0. The quantitative estimate of drug-likeness (QED) is 0.0149. The van der Waals surface area contributed by atoms with Gasteiger partial charge in [0.15, 0.2) is 0 Å². The Morgan fingerprint density at radius 1 is 0.550 bits per heavy atom. The van der Waals surface area contributed by atoms with Crippen molar-refractivity contribution in [2.75, 3.05) is 19.8 Å². The predicted octanol–water partition coefficient (Wildman–Crippen LogP) is 9.42. The fourth-order valence-electron chi connectivity index (χ4n) is 6.73. The van der Waals surface area contributed by atoms with Gasteiger partial charge >= 0.3 is 13.8 Å². The number of phosphoric ester groups is 1. The van der Waals surface area contributed by atoms with Gasteiger partial charge in [0.2, 0.25) is 0 Å². The first-order valence-corrected chi connectivity index (χ1v) is 24.6. The zero-order valence-corrected chi connectivity index (χ0v) is 37.9. The largest absolute Gasteiger partial charge is 0.472 e. The molecule has 1 aliphatic rings. The standard InChI is InChI=1S/C47H83O12P/c1-3-5-7-9-11-13-15-16-17-18-19-20-21-22-23-24-25-27-29-31-33-35-37-56-38-40(58-41(48)36-34-32-30-28-26-14-12-10-8-6-4-2)39-57-60(54,55)59-47-45(52)43(50)42(49)44(51)46(47)53/h5,7,11,13,16-17,19-20,22-23,40,42-47,49-53H,3-4,6,8-10,12,14-15,18,21,24-39H2,1-2H3,(H,54,55)/b7-5-,13-11-,17-16-,20-19-,23-22-. The number of hydrogen-bond donors (Lipinski definition) is 6. The van der Waals surface area contributed by atoms with E-state index >= 15 is 0 Å². The van der Waals surface area contributed by atoms with Crippen molar-refractivity contribution in [3.63, 3.8) is 0 Å². The number of unbranched alkanes of at least 4 members (excludes halogenated alkanes) is 16. The van der Waals surface area contributed by atoms with Crippen LogP contribution in [0.1, 0.15) is 168 Å². The lowest BCUT2D eigenvalue weighted by atomic mass is 9.85. The SMILES string of the molecule is CC/C=C\C/C=C\C/C=C\C/C=C\C/C=C\CCCCCCCCOCC(COP(=O)(O)OC1C(O)C(O)C(O)C(O)C1O)OC(=O)CCCCCCCCCCCCC. The zero-order chi connectivity index (χ0) is 44.1. The molecule has 0 radical (unpaired) electrons. The van der Waals surface area contributed by atoms with Crippen LogP contribution >= 0.6 is 7.82 Å². The van der Waals surface area contributed by atoms with Crippen LogP contribution in [0.2, 0.25) is 0 Å². The van der Waals surface area contributed by atoms with Crippen molar-refractivity contribution in [3.8, 4) is 0 Å². The molecular weight excluding hydrogens is 787 g/mol. The number of hydrogen-bond acceptors (Lipinski definition) is 11. The fraction of sp³-hybridized carbons (Fsp3) is 0.766. The van der Waals surface area contributed by atoms with Gasteiger partial charge in [-0.1, -0.05) is 164 Å². The van der Waals surface area contributed by atoms with Crippen LogP contribution in [0.25, 0.3) is 0 Å². The molecule has 0 aromatic heterocycles. The van der Waals surface area contributed by atoms with Crippen LogP contribution < -0.4 is 0 Å². The Bertz CT molecular complexity index is 1220. The lowest BCUT2D eigenvalue weighted by Crippen LogP contribution is -2.64. The van der Waals surface area contributed by atoms with Crippen molar-refractivity contribution in [2.45, 2.75) is 211 Å². The van der Waals surface area contributed by atoms with E-state index in [9.17, 15) is 39.8 Å². The Morgan fingerprint density at radius 3 is 1.50 bits per heavy atom. The molecule has 1 fully saturated rings. The van der Waals surface area contributed by atoms with Crippen LogP contribution in [0.5, 0.6) is 0 Å². The molecular formula is C47H83O12P. The summed E-state index contributed by atoms with van der Waals surface area (Å²) in [6.45, 7) is 4.09. The number of rotatable bonds is 38. The van der Waals surface area contributed by atoms with Crippen molar-refractivity contribution in [1.82, 2.24) is 0 Å². The second kappa shape index (κ2) is 37.6. The van der Waals surface area contributed by atoms with Crippen LogP contribution in [-0.4, -0.2) is 98.9 Å². The Morgan fingerprint density at radius 2 is 0.983 bits per heavy atom. The molecule has 0 aromatic rings. The first-order chi connectivity index (χ1) is 29.0. The molecule has 1 rings (SSSR count). The van der Waals surface area contributed by atoms with Gasteiger partial charge in [0.25, 0.3) is 0 Å². The van der Waals surface area contributed by atoms with Gasteiger partial charge < -0.3 is 39.9 Å². The Hall–Kier alpha value is -1.96. The van der Waals surface area contributed by atoms with E-state index in [-0.39, 0.29) is 13.0 Å². The first-order valence-electron chi connectivity index (χ1n) is 23.1. The summed E-state index contributed by atoms with van der Waals surface area (Å²) in [5, 5.41) is 50.1. The molecule has 0 amide bonds. The summed E-state index contributed by atoms with van der Waals surface area (Å²) in [5.41, 5.74) is 0. The van der Waals surface area contributed by atoms with Crippen molar-refractivity contribution < 1.29 is 58.3 Å². The van der Waals surface area contributed by atoms with Gasteiger partial charge in [-0.05, 0) is 57.8 Å². The van der Waals surface area contributed by atoms with Crippen LogP contribution in [0.15, 0.2) is 60.8 Å². The van der Waals surface area contributed by atoms with Crippen LogP contribution in [0, 0.1) is 0 Å². The predicted molar refractivity (Wildman–Crippen MR) is 239 cm³/mol. The van der Waals surface area contributed by atoms with Gasteiger partial charge in [-0.15, -0.1) is 0 Å². The molecule has 0 heterocycles. The number of esters is 1. The minimum atomic E-state index is -5.02. The smallest absolute Gasteiger partial charge is 0.457 e. The molecule has 1 aliphatic carbocycles. The third-order valence-corrected chi connectivity index (χ3v) is 11.4. The maximum Gasteiger partial charge on any atom is 0.472 e. The van der Waals surface area contributed by atoms with Gasteiger partial charge in [-0.3, -0.25) is 13.8 Å². The second-order valence-electron chi connectivity index (χ2n) is 15.9. The molecule has 6 N–H and O–H groups in total. The number of allylic oxidation sites excluding steroid dienone is 10. The van der Waals surface area contributed by atoms with E-state index in [4.69, 9.17) is 18.5 Å². The van der Waals surface area contributed by atoms with Gasteiger partial charge in [0, 0.05) is 13.0 Å². The van der Waals surface area contributed by atoms with E-state index in [1.807, 2.05) is 0 Å². The molecule has 0 bridgehead atoms. The summed E-state index contributed by atoms with van der Waals surface area (Å²) in [6.07, 6.45) is 34.4. The molecule has 0 aromatic carbocycles. The monoisotopic (exact) mass is 871 g/mol. The maximum absolute atomic E-state index is 12.8. The van der Waals surface area contributed by atoms with Gasteiger partial charge in [0.1, 0.15) is 42.7 Å². The molecule has 1 saturated carbocycles. The fourth-order valence-corrected chi connectivity index (χ4v) is 7.71. The maximum atomic E-state index is 12.8. The second-order valence-corrected chi connectivity index (χ2v) is 17.3. The minimum absolute atomic E-state index is 0.0878. The molecule has 12 nitrogen and oxygen atoms in total. The lowest BCUT2D eigenvalue weighted by molar-refractivity contribution is -0.220. The summed E-state index contributed by atoms with van der Waals surface area (Å²) in [5.74, 6) is -0.486. The van der Waals surface area contributed by atoms with Crippen molar-refractivity contribution in [3.05, 3.63) is 60.8 Å². The highest BCUT2D eigenvalue weighted by molar-refractivity contribution is 7.47. The summed E-state index contributed by atoms with van der Waals surface area (Å²) < 4.78 is 34.1. The molecule has 0 aliphatic heterocycles. The van der Waals surface area contributed by atoms with Gasteiger partial charge in [-0.25, -0.2) is 4.57 Å². The first kappa shape index (κ1) is 56.1. The third kappa shape index (κ3) is 29.4. The summed E-state index contributed by atoms with van der Waals surface area (Å²) in [4.78, 5) is 23.1.